The SMILES string of the molecule is C[C@H]1CN(Cc2c(F)cc(F)cc2F)CCN1C(=O)c1ccc(NS(=O)[O-])cc1. The molecule has 6 nitrogen and oxygen atoms in total. The van der Waals surface area contributed by atoms with Gasteiger partial charge in [0.05, 0.1) is 0 Å². The summed E-state index contributed by atoms with van der Waals surface area (Å²) in [6.45, 7) is 2.97. The maximum Gasteiger partial charge on any atom is 0.254 e. The van der Waals surface area contributed by atoms with Gasteiger partial charge in [0, 0.05) is 72.4 Å². The first-order valence-electron chi connectivity index (χ1n) is 8.87. The molecule has 1 fully saturated rings. The summed E-state index contributed by atoms with van der Waals surface area (Å²) in [4.78, 5) is 16.2. The molecule has 156 valence electrons. The Morgan fingerprint density at radius 2 is 1.79 bits per heavy atom. The number of carbonyl (C=O) groups is 1. The van der Waals surface area contributed by atoms with Crippen LogP contribution in [-0.4, -0.2) is 50.1 Å². The zero-order chi connectivity index (χ0) is 21.1. The van der Waals surface area contributed by atoms with E-state index in [9.17, 15) is 26.7 Å². The van der Waals surface area contributed by atoms with Gasteiger partial charge in [-0.2, -0.15) is 0 Å². The maximum absolute atomic E-state index is 13.9. The molecule has 1 saturated heterocycles. The highest BCUT2D eigenvalue weighted by Gasteiger charge is 2.29. The number of carbonyl (C=O) groups excluding carboxylic acids is 1. The van der Waals surface area contributed by atoms with Crippen LogP contribution in [0.1, 0.15) is 22.8 Å². The molecule has 0 saturated carbocycles. The van der Waals surface area contributed by atoms with Crippen LogP contribution in [0.4, 0.5) is 18.9 Å². The number of hydrogen-bond acceptors (Lipinski definition) is 4. The van der Waals surface area contributed by atoms with Gasteiger partial charge in [-0.05, 0) is 31.2 Å². The topological polar surface area (TPSA) is 75.7 Å². The number of amides is 1. The number of anilines is 1. The summed E-state index contributed by atoms with van der Waals surface area (Å²) in [6, 6.07) is 7.13. The number of nitrogens with zero attached hydrogens (tertiary/aromatic N) is 2. The third kappa shape index (κ3) is 5.14. The Labute approximate surface area is 168 Å². The summed E-state index contributed by atoms with van der Waals surface area (Å²) in [5.41, 5.74) is 0.552. The Hall–Kier alpha value is -2.43. The summed E-state index contributed by atoms with van der Waals surface area (Å²) in [7, 11) is 0. The number of halogens is 3. The van der Waals surface area contributed by atoms with E-state index < -0.39 is 28.7 Å². The lowest BCUT2D eigenvalue weighted by Crippen LogP contribution is -2.53. The van der Waals surface area contributed by atoms with Gasteiger partial charge in [0.25, 0.3) is 5.91 Å². The van der Waals surface area contributed by atoms with Crippen molar-refractivity contribution in [3.63, 3.8) is 0 Å². The minimum Gasteiger partial charge on any atom is -0.755 e. The van der Waals surface area contributed by atoms with Crippen LogP contribution in [0.25, 0.3) is 0 Å². The van der Waals surface area contributed by atoms with Crippen LogP contribution in [0.2, 0.25) is 0 Å². The van der Waals surface area contributed by atoms with E-state index in [-0.39, 0.29) is 24.1 Å². The molecule has 1 heterocycles. The number of benzene rings is 2. The molecule has 10 heteroatoms. The molecular formula is C19H19F3N3O3S-. The standard InChI is InChI=1S/C19H20F3N3O3S/c1-12-10-24(11-16-17(21)8-14(20)9-18(16)22)6-7-25(12)19(26)13-2-4-15(5-3-13)23-29(27)28/h2-5,8-9,12,23H,6-7,10-11H2,1H3,(H,27,28)/p-1/t12-/m0/s1. The van der Waals surface area contributed by atoms with Crippen LogP contribution in [0.15, 0.2) is 36.4 Å². The van der Waals surface area contributed by atoms with Crippen molar-refractivity contribution in [3.05, 3.63) is 65.0 Å². The molecule has 2 aromatic rings. The highest BCUT2D eigenvalue weighted by molar-refractivity contribution is 7.80. The van der Waals surface area contributed by atoms with Gasteiger partial charge in [-0.25, -0.2) is 13.2 Å². The van der Waals surface area contributed by atoms with Crippen molar-refractivity contribution in [2.45, 2.75) is 19.5 Å². The maximum atomic E-state index is 13.9. The first-order chi connectivity index (χ1) is 13.7. The average Bonchev–Trinajstić information content (AvgIpc) is 2.64. The number of hydrogen-bond donors (Lipinski definition) is 1. The smallest absolute Gasteiger partial charge is 0.254 e. The molecule has 0 spiro atoms. The fourth-order valence-corrected chi connectivity index (χ4v) is 3.70. The summed E-state index contributed by atoms with van der Waals surface area (Å²) < 4.78 is 64.3. The van der Waals surface area contributed by atoms with Crippen molar-refractivity contribution in [2.24, 2.45) is 0 Å². The van der Waals surface area contributed by atoms with Gasteiger partial charge in [0.15, 0.2) is 0 Å². The summed E-state index contributed by atoms with van der Waals surface area (Å²) in [5, 5.41) is 0. The van der Waals surface area contributed by atoms with E-state index in [2.05, 4.69) is 4.72 Å². The molecule has 0 aliphatic carbocycles. The minimum atomic E-state index is -2.44. The van der Waals surface area contributed by atoms with E-state index in [4.69, 9.17) is 0 Å². The molecule has 29 heavy (non-hydrogen) atoms. The lowest BCUT2D eigenvalue weighted by molar-refractivity contribution is 0.0471. The fourth-order valence-electron chi connectivity index (χ4n) is 3.37. The normalized spacial score (nSPS) is 18.5. The van der Waals surface area contributed by atoms with E-state index in [0.29, 0.717) is 43.0 Å². The van der Waals surface area contributed by atoms with Crippen molar-refractivity contribution in [1.29, 1.82) is 0 Å². The van der Waals surface area contributed by atoms with Crippen molar-refractivity contribution in [3.8, 4) is 0 Å². The second kappa shape index (κ2) is 8.93. The Bertz CT molecular complexity index is 904. The van der Waals surface area contributed by atoms with E-state index in [0.717, 1.165) is 0 Å². The third-order valence-corrected chi connectivity index (χ3v) is 5.20. The van der Waals surface area contributed by atoms with E-state index in [1.54, 1.807) is 4.90 Å². The molecule has 2 atom stereocenters. The van der Waals surface area contributed by atoms with Crippen molar-refractivity contribution < 1.29 is 26.7 Å². The van der Waals surface area contributed by atoms with Gasteiger partial charge in [0.1, 0.15) is 17.5 Å². The lowest BCUT2D eigenvalue weighted by Gasteiger charge is -2.40. The van der Waals surface area contributed by atoms with Gasteiger partial charge in [-0.1, -0.05) is 0 Å². The van der Waals surface area contributed by atoms with Crippen molar-refractivity contribution in [2.75, 3.05) is 24.4 Å². The second-order valence-electron chi connectivity index (χ2n) is 6.84. The molecule has 1 unspecified atom stereocenters. The molecule has 0 aromatic heterocycles. The number of rotatable bonds is 5. The van der Waals surface area contributed by atoms with Crippen LogP contribution < -0.4 is 4.72 Å². The Morgan fingerprint density at radius 3 is 2.34 bits per heavy atom. The molecule has 2 aromatic carbocycles. The molecule has 1 amide bonds. The van der Waals surface area contributed by atoms with Crippen molar-refractivity contribution >= 4 is 22.9 Å². The third-order valence-electron chi connectivity index (χ3n) is 4.79. The van der Waals surface area contributed by atoms with Crippen LogP contribution in [-0.2, 0) is 17.8 Å². The Balaban J connectivity index is 1.64. The quantitative estimate of drug-likeness (QED) is 0.746. The Morgan fingerprint density at radius 1 is 1.17 bits per heavy atom. The average molecular weight is 426 g/mol. The van der Waals surface area contributed by atoms with Gasteiger partial charge in [-0.15, -0.1) is 0 Å². The first-order valence-corrected chi connectivity index (χ1v) is 9.95. The fraction of sp³-hybridized carbons (Fsp3) is 0.316. The second-order valence-corrected chi connectivity index (χ2v) is 7.52. The van der Waals surface area contributed by atoms with Crippen LogP contribution in [0.3, 0.4) is 0 Å². The largest absolute Gasteiger partial charge is 0.755 e. The van der Waals surface area contributed by atoms with Crippen molar-refractivity contribution in [1.82, 2.24) is 9.80 Å². The van der Waals surface area contributed by atoms with Crippen LogP contribution >= 0.6 is 0 Å². The lowest BCUT2D eigenvalue weighted by atomic mass is 10.1. The zero-order valence-electron chi connectivity index (χ0n) is 15.5. The molecular weight excluding hydrogens is 407 g/mol. The predicted octanol–water partition coefficient (Wildman–Crippen LogP) is 2.66. The molecule has 3 rings (SSSR count). The first kappa shape index (κ1) is 21.3. The summed E-state index contributed by atoms with van der Waals surface area (Å²) in [5.74, 6) is -3.04. The molecule has 1 aliphatic rings. The van der Waals surface area contributed by atoms with E-state index in [1.165, 1.54) is 24.3 Å². The van der Waals surface area contributed by atoms with Gasteiger partial charge >= 0.3 is 0 Å². The van der Waals surface area contributed by atoms with Gasteiger partial charge in [0.2, 0.25) is 0 Å². The summed E-state index contributed by atoms with van der Waals surface area (Å²) >= 11 is -2.44. The predicted molar refractivity (Wildman–Crippen MR) is 101 cm³/mol. The monoisotopic (exact) mass is 426 g/mol. The van der Waals surface area contributed by atoms with Gasteiger partial charge in [-0.3, -0.25) is 13.9 Å². The molecule has 0 radical (unpaired) electrons. The zero-order valence-corrected chi connectivity index (χ0v) is 16.3. The highest BCUT2D eigenvalue weighted by atomic mass is 32.2. The number of nitrogens with one attached hydrogen (secondary N) is 1. The molecule has 1 N–H and O–H groups in total. The van der Waals surface area contributed by atoms with Gasteiger partial charge < -0.3 is 14.2 Å². The van der Waals surface area contributed by atoms with Crippen LogP contribution in [0.5, 0.6) is 0 Å². The highest BCUT2D eigenvalue weighted by Crippen LogP contribution is 2.21. The molecule has 1 aliphatic heterocycles. The number of piperazine rings is 1. The van der Waals surface area contributed by atoms with E-state index in [1.807, 2.05) is 11.8 Å². The van der Waals surface area contributed by atoms with Crippen LogP contribution in [0, 0.1) is 17.5 Å². The Kier molecular flexibility index (Phi) is 6.56. The summed E-state index contributed by atoms with van der Waals surface area (Å²) in [6.07, 6.45) is 0. The molecule has 0 bridgehead atoms. The van der Waals surface area contributed by atoms with E-state index >= 15 is 0 Å². The minimum absolute atomic E-state index is 0.0168.